The van der Waals surface area contributed by atoms with Crippen LogP contribution in [-0.2, 0) is 16.6 Å². The highest BCUT2D eigenvalue weighted by atomic mass is 32.2. The van der Waals surface area contributed by atoms with Crippen molar-refractivity contribution in [3.8, 4) is 0 Å². The van der Waals surface area contributed by atoms with Crippen LogP contribution in [0.15, 0.2) is 56.7 Å². The number of fused-ring (bicyclic) bond motifs is 1. The summed E-state index contributed by atoms with van der Waals surface area (Å²) in [6.07, 6.45) is 1.64. The van der Waals surface area contributed by atoms with Crippen LogP contribution in [0, 0.1) is 0 Å². The van der Waals surface area contributed by atoms with Gasteiger partial charge in [0.1, 0.15) is 0 Å². The Bertz CT molecular complexity index is 1000. The van der Waals surface area contributed by atoms with E-state index in [0.717, 1.165) is 4.31 Å². The summed E-state index contributed by atoms with van der Waals surface area (Å²) in [7, 11) is -0.688. The fourth-order valence-corrected chi connectivity index (χ4v) is 3.14. The fourth-order valence-electron chi connectivity index (χ4n) is 2.22. The first-order chi connectivity index (χ1) is 10.9. The van der Waals surface area contributed by atoms with Crippen LogP contribution < -0.4 is 5.76 Å². The second-order valence-electron chi connectivity index (χ2n) is 5.19. The predicted octanol–water partition coefficient (Wildman–Crippen LogP) is 1.29. The number of hydrogen-bond acceptors (Lipinski definition) is 5. The van der Waals surface area contributed by atoms with Gasteiger partial charge in [0.25, 0.3) is 0 Å². The summed E-state index contributed by atoms with van der Waals surface area (Å²) >= 11 is 0. The number of hydrogen-bond donors (Lipinski definition) is 0. The van der Waals surface area contributed by atoms with Gasteiger partial charge < -0.3 is 4.42 Å². The molecular formula is C15H15N3O4S. The third-order valence-corrected chi connectivity index (χ3v) is 5.28. The maximum Gasteiger partial charge on any atom is 0.420 e. The maximum atomic E-state index is 12.1. The van der Waals surface area contributed by atoms with Crippen molar-refractivity contribution in [2.24, 2.45) is 0 Å². The standard InChI is InChI=1S/C15H15N3O4S/c1-17(2)23(20,21)12-6-7-13-14(9-12)22-15(19)18(13)10-11-5-3-4-8-16-11/h3-9H,10H2,1-2H3. The van der Waals surface area contributed by atoms with Gasteiger partial charge in [-0.15, -0.1) is 0 Å². The largest absolute Gasteiger partial charge is 0.420 e. The topological polar surface area (TPSA) is 85.4 Å². The van der Waals surface area contributed by atoms with Crippen molar-refractivity contribution in [2.45, 2.75) is 11.4 Å². The summed E-state index contributed by atoms with van der Waals surface area (Å²) in [4.78, 5) is 16.3. The molecule has 0 atom stereocenters. The fraction of sp³-hybridized carbons (Fsp3) is 0.200. The van der Waals surface area contributed by atoms with Crippen LogP contribution in [0.2, 0.25) is 0 Å². The number of pyridine rings is 1. The molecule has 120 valence electrons. The molecule has 0 unspecified atom stereocenters. The quantitative estimate of drug-likeness (QED) is 0.718. The minimum atomic E-state index is -3.58. The number of nitrogens with zero attached hydrogens (tertiary/aromatic N) is 3. The lowest BCUT2D eigenvalue weighted by molar-refractivity contribution is 0.512. The van der Waals surface area contributed by atoms with E-state index in [2.05, 4.69) is 4.98 Å². The Hall–Kier alpha value is -2.45. The first kappa shape index (κ1) is 15.4. The molecule has 0 amide bonds. The van der Waals surface area contributed by atoms with Gasteiger partial charge in [-0.05, 0) is 24.3 Å². The Labute approximate surface area is 132 Å². The number of rotatable bonds is 4. The van der Waals surface area contributed by atoms with E-state index in [1.807, 2.05) is 6.07 Å². The lowest BCUT2D eigenvalue weighted by Crippen LogP contribution is -2.22. The highest BCUT2D eigenvalue weighted by molar-refractivity contribution is 7.89. The van der Waals surface area contributed by atoms with Crippen molar-refractivity contribution in [3.05, 3.63) is 58.8 Å². The summed E-state index contributed by atoms with van der Waals surface area (Å²) in [5.74, 6) is -0.551. The molecule has 7 nitrogen and oxygen atoms in total. The number of oxazole rings is 1. The van der Waals surface area contributed by atoms with Crippen molar-refractivity contribution < 1.29 is 12.8 Å². The molecule has 0 aliphatic heterocycles. The first-order valence-electron chi connectivity index (χ1n) is 6.85. The van der Waals surface area contributed by atoms with E-state index in [-0.39, 0.29) is 17.0 Å². The van der Waals surface area contributed by atoms with Crippen molar-refractivity contribution in [2.75, 3.05) is 14.1 Å². The van der Waals surface area contributed by atoms with Gasteiger partial charge in [-0.25, -0.2) is 17.5 Å². The predicted molar refractivity (Wildman–Crippen MR) is 84.7 cm³/mol. The third-order valence-electron chi connectivity index (χ3n) is 3.46. The normalized spacial score (nSPS) is 12.1. The van der Waals surface area contributed by atoms with Gasteiger partial charge in [-0.3, -0.25) is 9.55 Å². The molecule has 0 bridgehead atoms. The molecule has 0 saturated heterocycles. The van der Waals surface area contributed by atoms with E-state index >= 15 is 0 Å². The zero-order valence-electron chi connectivity index (χ0n) is 12.6. The lowest BCUT2D eigenvalue weighted by Gasteiger charge is -2.10. The monoisotopic (exact) mass is 333 g/mol. The van der Waals surface area contributed by atoms with E-state index in [9.17, 15) is 13.2 Å². The van der Waals surface area contributed by atoms with Gasteiger partial charge in [0.15, 0.2) is 5.58 Å². The maximum absolute atomic E-state index is 12.1. The molecule has 2 heterocycles. The first-order valence-corrected chi connectivity index (χ1v) is 8.29. The Morgan fingerprint density at radius 2 is 2.00 bits per heavy atom. The smallest absolute Gasteiger partial charge is 0.408 e. The Kier molecular flexibility index (Phi) is 3.78. The lowest BCUT2D eigenvalue weighted by atomic mass is 10.3. The zero-order valence-corrected chi connectivity index (χ0v) is 13.4. The second kappa shape index (κ2) is 5.64. The van der Waals surface area contributed by atoms with Crippen LogP contribution in [0.25, 0.3) is 11.1 Å². The average molecular weight is 333 g/mol. The molecule has 0 aliphatic carbocycles. The van der Waals surface area contributed by atoms with Gasteiger partial charge in [0.05, 0.1) is 22.7 Å². The van der Waals surface area contributed by atoms with E-state index in [4.69, 9.17) is 4.42 Å². The minimum Gasteiger partial charge on any atom is -0.408 e. The van der Waals surface area contributed by atoms with Gasteiger partial charge >= 0.3 is 5.76 Å². The zero-order chi connectivity index (χ0) is 16.6. The summed E-state index contributed by atoms with van der Waals surface area (Å²) in [6.45, 7) is 0.256. The molecule has 3 aromatic rings. The van der Waals surface area contributed by atoms with Crippen molar-refractivity contribution >= 4 is 21.1 Å². The number of benzene rings is 1. The van der Waals surface area contributed by atoms with Gasteiger partial charge in [0, 0.05) is 26.4 Å². The van der Waals surface area contributed by atoms with Gasteiger partial charge in [-0.2, -0.15) is 0 Å². The van der Waals surface area contributed by atoms with E-state index in [1.165, 1.54) is 30.8 Å². The van der Waals surface area contributed by atoms with Crippen LogP contribution >= 0.6 is 0 Å². The Morgan fingerprint density at radius 1 is 1.22 bits per heavy atom. The number of aromatic nitrogens is 2. The Morgan fingerprint density at radius 3 is 2.65 bits per heavy atom. The summed E-state index contributed by atoms with van der Waals surface area (Å²) in [6, 6.07) is 9.81. The van der Waals surface area contributed by atoms with E-state index in [0.29, 0.717) is 11.2 Å². The molecule has 3 rings (SSSR count). The van der Waals surface area contributed by atoms with Crippen LogP contribution in [0.3, 0.4) is 0 Å². The molecule has 0 saturated carbocycles. The second-order valence-corrected chi connectivity index (χ2v) is 7.34. The highest BCUT2D eigenvalue weighted by Crippen LogP contribution is 2.20. The molecule has 0 aliphatic rings. The van der Waals surface area contributed by atoms with Crippen LogP contribution in [0.5, 0.6) is 0 Å². The molecule has 2 aromatic heterocycles. The molecule has 8 heteroatoms. The molecule has 1 aromatic carbocycles. The summed E-state index contributed by atoms with van der Waals surface area (Å²) < 4.78 is 32.0. The van der Waals surface area contributed by atoms with Gasteiger partial charge in [-0.1, -0.05) is 6.07 Å². The SMILES string of the molecule is CN(C)S(=O)(=O)c1ccc2c(c1)oc(=O)n2Cc1ccccn1. The van der Waals surface area contributed by atoms with Crippen molar-refractivity contribution in [1.29, 1.82) is 0 Å². The molecule has 0 N–H and O–H groups in total. The molecule has 0 radical (unpaired) electrons. The highest BCUT2D eigenvalue weighted by Gasteiger charge is 2.19. The minimum absolute atomic E-state index is 0.0775. The molecule has 23 heavy (non-hydrogen) atoms. The van der Waals surface area contributed by atoms with Gasteiger partial charge in [0.2, 0.25) is 10.0 Å². The van der Waals surface area contributed by atoms with E-state index < -0.39 is 15.8 Å². The number of sulfonamides is 1. The van der Waals surface area contributed by atoms with Crippen molar-refractivity contribution in [1.82, 2.24) is 13.9 Å². The van der Waals surface area contributed by atoms with Crippen LogP contribution in [0.1, 0.15) is 5.69 Å². The van der Waals surface area contributed by atoms with Crippen LogP contribution in [0.4, 0.5) is 0 Å². The molecule has 0 spiro atoms. The summed E-state index contributed by atoms with van der Waals surface area (Å²) in [5, 5.41) is 0. The summed E-state index contributed by atoms with van der Waals surface area (Å²) in [5.41, 5.74) is 1.47. The Balaban J connectivity index is 2.09. The van der Waals surface area contributed by atoms with E-state index in [1.54, 1.807) is 24.4 Å². The average Bonchev–Trinajstić information content (AvgIpc) is 2.83. The van der Waals surface area contributed by atoms with Crippen molar-refractivity contribution in [3.63, 3.8) is 0 Å². The molecular weight excluding hydrogens is 318 g/mol. The molecule has 0 fully saturated rings. The third kappa shape index (κ3) is 2.78. The van der Waals surface area contributed by atoms with Crippen LogP contribution in [-0.4, -0.2) is 36.4 Å².